The number of aromatic amines is 1. The number of H-pyrrole nitrogens is 1. The molecule has 0 aliphatic rings. The number of anilines is 1. The first-order valence-corrected chi connectivity index (χ1v) is 7.73. The van der Waals surface area contributed by atoms with Crippen LogP contribution in [0.4, 0.5) is 5.69 Å². The van der Waals surface area contributed by atoms with Gasteiger partial charge in [0.2, 0.25) is 0 Å². The molecular weight excluding hydrogens is 318 g/mol. The maximum absolute atomic E-state index is 12.3. The first-order valence-electron chi connectivity index (χ1n) is 7.73. The van der Waals surface area contributed by atoms with Crippen molar-refractivity contribution < 1.29 is 9.90 Å². The smallest absolute Gasteiger partial charge is 0.275 e. The second-order valence-corrected chi connectivity index (χ2v) is 5.52. The molecule has 7 heteroatoms. The predicted octanol–water partition coefficient (Wildman–Crippen LogP) is 2.47. The molecule has 4 aromatic rings. The highest BCUT2D eigenvalue weighted by molar-refractivity contribution is 6.03. The number of hydrogen-bond donors (Lipinski definition) is 3. The number of aliphatic hydroxyl groups excluding tert-OH is 1. The molecule has 0 saturated heterocycles. The van der Waals surface area contributed by atoms with Crippen molar-refractivity contribution in [1.29, 1.82) is 0 Å². The van der Waals surface area contributed by atoms with Gasteiger partial charge in [-0.3, -0.25) is 4.79 Å². The minimum Gasteiger partial charge on any atom is -0.388 e. The number of aromatic nitrogens is 4. The van der Waals surface area contributed by atoms with Crippen LogP contribution in [0.1, 0.15) is 16.3 Å². The Morgan fingerprint density at radius 2 is 1.96 bits per heavy atom. The van der Waals surface area contributed by atoms with E-state index in [0.717, 1.165) is 16.9 Å². The summed E-state index contributed by atoms with van der Waals surface area (Å²) in [6, 6.07) is 12.9. The standard InChI is InChI=1S/C18H15N5O2/c24-11-16-19-8-14(21-16)12-6-7-17-22-15(10-23(17)9-12)18(25)20-13-4-2-1-3-5-13/h1-10,24H,11H2,(H,19,21)(H,20,25). The van der Waals surface area contributed by atoms with E-state index in [4.69, 9.17) is 5.11 Å². The summed E-state index contributed by atoms with van der Waals surface area (Å²) in [6.07, 6.45) is 5.25. The molecule has 0 saturated carbocycles. The number of pyridine rings is 1. The summed E-state index contributed by atoms with van der Waals surface area (Å²) < 4.78 is 1.78. The van der Waals surface area contributed by atoms with E-state index in [9.17, 15) is 4.79 Å². The van der Waals surface area contributed by atoms with Gasteiger partial charge in [0.15, 0.2) is 0 Å². The van der Waals surface area contributed by atoms with Crippen molar-refractivity contribution in [3.05, 3.63) is 72.6 Å². The average molecular weight is 333 g/mol. The Labute approximate surface area is 143 Å². The van der Waals surface area contributed by atoms with Crippen LogP contribution in [-0.2, 0) is 6.61 Å². The summed E-state index contributed by atoms with van der Waals surface area (Å²) in [5.41, 5.74) is 3.29. The molecule has 3 N–H and O–H groups in total. The fraction of sp³-hybridized carbons (Fsp3) is 0.0556. The predicted molar refractivity (Wildman–Crippen MR) is 93.1 cm³/mol. The molecule has 7 nitrogen and oxygen atoms in total. The highest BCUT2D eigenvalue weighted by Crippen LogP contribution is 2.19. The zero-order chi connectivity index (χ0) is 17.2. The van der Waals surface area contributed by atoms with Gasteiger partial charge in [0.1, 0.15) is 23.8 Å². The van der Waals surface area contributed by atoms with Crippen LogP contribution in [0.15, 0.2) is 61.1 Å². The molecule has 0 bridgehead atoms. The Morgan fingerprint density at radius 3 is 2.72 bits per heavy atom. The molecule has 3 aromatic heterocycles. The van der Waals surface area contributed by atoms with Gasteiger partial charge in [0, 0.05) is 29.8 Å². The molecule has 0 spiro atoms. The van der Waals surface area contributed by atoms with Gasteiger partial charge < -0.3 is 19.8 Å². The van der Waals surface area contributed by atoms with Crippen LogP contribution >= 0.6 is 0 Å². The van der Waals surface area contributed by atoms with Crippen LogP contribution in [0.5, 0.6) is 0 Å². The monoisotopic (exact) mass is 333 g/mol. The van der Waals surface area contributed by atoms with E-state index < -0.39 is 0 Å². The molecule has 3 heterocycles. The molecule has 25 heavy (non-hydrogen) atoms. The number of aliphatic hydroxyl groups is 1. The number of amides is 1. The van der Waals surface area contributed by atoms with E-state index >= 15 is 0 Å². The first-order chi connectivity index (χ1) is 12.2. The van der Waals surface area contributed by atoms with Gasteiger partial charge >= 0.3 is 0 Å². The summed E-state index contributed by atoms with van der Waals surface area (Å²) in [6.45, 7) is -0.142. The average Bonchev–Trinajstić information content (AvgIpc) is 3.28. The normalized spacial score (nSPS) is 10.9. The third-order valence-corrected chi connectivity index (χ3v) is 3.79. The largest absolute Gasteiger partial charge is 0.388 e. The topological polar surface area (TPSA) is 95.3 Å². The van der Waals surface area contributed by atoms with Crippen molar-refractivity contribution in [3.8, 4) is 11.3 Å². The lowest BCUT2D eigenvalue weighted by Gasteiger charge is -2.01. The van der Waals surface area contributed by atoms with Crippen LogP contribution in [0.2, 0.25) is 0 Å². The number of carbonyl (C=O) groups excluding carboxylic acids is 1. The van der Waals surface area contributed by atoms with Crippen molar-refractivity contribution in [2.75, 3.05) is 5.32 Å². The van der Waals surface area contributed by atoms with E-state index in [1.165, 1.54) is 0 Å². The lowest BCUT2D eigenvalue weighted by Crippen LogP contribution is -2.11. The lowest BCUT2D eigenvalue weighted by atomic mass is 10.2. The van der Waals surface area contributed by atoms with Crippen LogP contribution in [-0.4, -0.2) is 30.4 Å². The summed E-state index contributed by atoms with van der Waals surface area (Å²) in [4.78, 5) is 23.9. The van der Waals surface area contributed by atoms with Gasteiger partial charge in [-0.1, -0.05) is 18.2 Å². The van der Waals surface area contributed by atoms with Gasteiger partial charge in [0.05, 0.1) is 5.69 Å². The number of imidazole rings is 2. The van der Waals surface area contributed by atoms with Crippen LogP contribution in [0.3, 0.4) is 0 Å². The van der Waals surface area contributed by atoms with Crippen molar-refractivity contribution in [1.82, 2.24) is 19.4 Å². The fourth-order valence-corrected chi connectivity index (χ4v) is 2.56. The zero-order valence-electron chi connectivity index (χ0n) is 13.2. The maximum atomic E-state index is 12.3. The van der Waals surface area contributed by atoms with E-state index in [2.05, 4.69) is 20.3 Å². The van der Waals surface area contributed by atoms with Crippen LogP contribution in [0.25, 0.3) is 16.9 Å². The summed E-state index contributed by atoms with van der Waals surface area (Å²) in [5, 5.41) is 11.9. The molecule has 0 aliphatic carbocycles. The van der Waals surface area contributed by atoms with E-state index in [1.807, 2.05) is 48.7 Å². The number of carbonyl (C=O) groups is 1. The van der Waals surface area contributed by atoms with E-state index in [0.29, 0.717) is 17.2 Å². The molecule has 1 amide bonds. The van der Waals surface area contributed by atoms with Crippen molar-refractivity contribution in [2.45, 2.75) is 6.61 Å². The number of nitrogens with one attached hydrogen (secondary N) is 2. The Morgan fingerprint density at radius 1 is 1.12 bits per heavy atom. The van der Waals surface area contributed by atoms with Gasteiger partial charge in [0.25, 0.3) is 5.91 Å². The Hall–Kier alpha value is -3.45. The molecule has 0 atom stereocenters. The van der Waals surface area contributed by atoms with Crippen LogP contribution < -0.4 is 5.32 Å². The van der Waals surface area contributed by atoms with E-state index in [1.54, 1.807) is 16.8 Å². The van der Waals surface area contributed by atoms with Gasteiger partial charge in [-0.2, -0.15) is 0 Å². The number of benzene rings is 1. The number of nitrogens with zero attached hydrogens (tertiary/aromatic N) is 3. The minimum absolute atomic E-state index is 0.142. The Kier molecular flexibility index (Phi) is 3.75. The Balaban J connectivity index is 1.62. The van der Waals surface area contributed by atoms with Crippen molar-refractivity contribution >= 4 is 17.2 Å². The minimum atomic E-state index is -0.265. The SMILES string of the molecule is O=C(Nc1ccccc1)c1cn2cc(-c3c[nH]c(CO)n3)ccc2n1. The molecule has 124 valence electrons. The second kappa shape index (κ2) is 6.21. The Bertz CT molecular complexity index is 1040. The molecule has 0 aliphatic heterocycles. The highest BCUT2D eigenvalue weighted by Gasteiger charge is 2.12. The third-order valence-electron chi connectivity index (χ3n) is 3.79. The number of rotatable bonds is 4. The van der Waals surface area contributed by atoms with Crippen molar-refractivity contribution in [3.63, 3.8) is 0 Å². The second-order valence-electron chi connectivity index (χ2n) is 5.52. The van der Waals surface area contributed by atoms with Gasteiger partial charge in [-0.15, -0.1) is 0 Å². The number of para-hydroxylation sites is 1. The fourth-order valence-electron chi connectivity index (χ4n) is 2.56. The zero-order valence-corrected chi connectivity index (χ0v) is 13.2. The molecule has 0 unspecified atom stereocenters. The summed E-state index contributed by atoms with van der Waals surface area (Å²) in [7, 11) is 0. The van der Waals surface area contributed by atoms with Gasteiger partial charge in [-0.05, 0) is 24.3 Å². The number of fused-ring (bicyclic) bond motifs is 1. The summed E-state index contributed by atoms with van der Waals surface area (Å²) in [5.74, 6) is 0.238. The molecule has 4 rings (SSSR count). The lowest BCUT2D eigenvalue weighted by molar-refractivity contribution is 0.102. The number of hydrogen-bond acceptors (Lipinski definition) is 4. The summed E-state index contributed by atoms with van der Waals surface area (Å²) >= 11 is 0. The third kappa shape index (κ3) is 3.00. The van der Waals surface area contributed by atoms with Gasteiger partial charge in [-0.25, -0.2) is 9.97 Å². The first kappa shape index (κ1) is 15.1. The molecule has 0 fully saturated rings. The molecule has 1 aromatic carbocycles. The molecular formula is C18H15N5O2. The molecule has 0 radical (unpaired) electrons. The quantitative estimate of drug-likeness (QED) is 0.534. The highest BCUT2D eigenvalue weighted by atomic mass is 16.3. The van der Waals surface area contributed by atoms with Crippen molar-refractivity contribution in [2.24, 2.45) is 0 Å². The van der Waals surface area contributed by atoms with E-state index in [-0.39, 0.29) is 12.5 Å². The maximum Gasteiger partial charge on any atom is 0.275 e. The van der Waals surface area contributed by atoms with Crippen LogP contribution in [0, 0.1) is 0 Å².